The SMILES string of the molecule is C=CCN(C)CCCCCCO[C@H]1CC[C@H](N(C)C(=O)Oc2ccc3ccccc3c2)CC1. The standard InChI is InChI=1S/C28H40N2O3/c1-4-19-29(2)20-9-5-6-10-21-32-26-17-14-25(15-18-26)30(3)28(31)33-27-16-13-23-11-7-8-12-24(23)22-27/h4,7-8,11-13,16,22,25-26H,1,5-6,9-10,14-15,17-21H2,2-3H3/t25-,26-. The minimum absolute atomic E-state index is 0.213. The van der Waals surface area contributed by atoms with Gasteiger partial charge in [-0.2, -0.15) is 0 Å². The van der Waals surface area contributed by atoms with Gasteiger partial charge in [-0.25, -0.2) is 4.79 Å². The molecule has 0 unspecified atom stereocenters. The maximum Gasteiger partial charge on any atom is 0.415 e. The van der Waals surface area contributed by atoms with E-state index in [1.165, 1.54) is 19.3 Å². The molecule has 0 N–H and O–H groups in total. The van der Waals surface area contributed by atoms with Crippen LogP contribution in [0.2, 0.25) is 0 Å². The van der Waals surface area contributed by atoms with Crippen molar-refractivity contribution in [2.45, 2.75) is 63.5 Å². The number of fused-ring (bicyclic) bond motifs is 1. The first-order chi connectivity index (χ1) is 16.1. The van der Waals surface area contributed by atoms with Gasteiger partial charge in [-0.3, -0.25) is 0 Å². The van der Waals surface area contributed by atoms with Crippen molar-refractivity contribution in [2.75, 3.05) is 33.8 Å². The molecule has 0 aromatic heterocycles. The largest absolute Gasteiger partial charge is 0.415 e. The van der Waals surface area contributed by atoms with Crippen LogP contribution in [-0.4, -0.2) is 61.8 Å². The van der Waals surface area contributed by atoms with Crippen molar-refractivity contribution in [3.8, 4) is 5.75 Å². The lowest BCUT2D eigenvalue weighted by molar-refractivity contribution is 0.0104. The minimum Gasteiger partial charge on any atom is -0.410 e. The van der Waals surface area contributed by atoms with Crippen molar-refractivity contribution in [2.24, 2.45) is 0 Å². The molecule has 5 heteroatoms. The van der Waals surface area contributed by atoms with Crippen LogP contribution in [0, 0.1) is 0 Å². The summed E-state index contributed by atoms with van der Waals surface area (Å²) in [7, 11) is 3.99. The summed E-state index contributed by atoms with van der Waals surface area (Å²) in [5, 5.41) is 2.21. The molecule has 0 aliphatic heterocycles. The van der Waals surface area contributed by atoms with E-state index in [0.29, 0.717) is 11.9 Å². The molecule has 0 spiro atoms. The highest BCUT2D eigenvalue weighted by atomic mass is 16.6. The smallest absolute Gasteiger partial charge is 0.410 e. The van der Waals surface area contributed by atoms with Gasteiger partial charge in [0.1, 0.15) is 5.75 Å². The van der Waals surface area contributed by atoms with E-state index in [-0.39, 0.29) is 12.1 Å². The van der Waals surface area contributed by atoms with E-state index in [1.807, 2.05) is 49.5 Å². The first-order valence-corrected chi connectivity index (χ1v) is 12.4. The lowest BCUT2D eigenvalue weighted by atomic mass is 9.92. The monoisotopic (exact) mass is 452 g/mol. The van der Waals surface area contributed by atoms with Gasteiger partial charge in [0.05, 0.1) is 6.10 Å². The van der Waals surface area contributed by atoms with Crippen LogP contribution in [0.1, 0.15) is 51.4 Å². The number of likely N-dealkylation sites (N-methyl/N-ethyl adjacent to an activating group) is 1. The molecule has 0 heterocycles. The van der Waals surface area contributed by atoms with E-state index in [2.05, 4.69) is 24.6 Å². The van der Waals surface area contributed by atoms with Gasteiger partial charge in [0.25, 0.3) is 0 Å². The number of carbonyl (C=O) groups excluding carboxylic acids is 1. The zero-order chi connectivity index (χ0) is 23.5. The normalized spacial score (nSPS) is 18.4. The van der Waals surface area contributed by atoms with Crippen LogP contribution >= 0.6 is 0 Å². The summed E-state index contributed by atoms with van der Waals surface area (Å²) in [5.74, 6) is 0.593. The van der Waals surface area contributed by atoms with Gasteiger partial charge in [0.2, 0.25) is 0 Å². The van der Waals surface area contributed by atoms with E-state index in [1.54, 1.807) is 4.90 Å². The van der Waals surface area contributed by atoms with Crippen LogP contribution in [0.15, 0.2) is 55.1 Å². The van der Waals surface area contributed by atoms with E-state index >= 15 is 0 Å². The Morgan fingerprint density at radius 3 is 2.48 bits per heavy atom. The van der Waals surface area contributed by atoms with Crippen molar-refractivity contribution in [3.05, 3.63) is 55.1 Å². The minimum atomic E-state index is -0.284. The number of hydrogen-bond donors (Lipinski definition) is 0. The van der Waals surface area contributed by atoms with E-state index < -0.39 is 0 Å². The number of rotatable bonds is 12. The summed E-state index contributed by atoms with van der Waals surface area (Å²) in [4.78, 5) is 16.7. The van der Waals surface area contributed by atoms with Gasteiger partial charge >= 0.3 is 6.09 Å². The summed E-state index contributed by atoms with van der Waals surface area (Å²) < 4.78 is 11.8. The third kappa shape index (κ3) is 8.17. The fourth-order valence-corrected chi connectivity index (χ4v) is 4.55. The second-order valence-electron chi connectivity index (χ2n) is 9.25. The molecule has 5 nitrogen and oxygen atoms in total. The van der Waals surface area contributed by atoms with E-state index in [4.69, 9.17) is 9.47 Å². The Balaban J connectivity index is 1.30. The highest BCUT2D eigenvalue weighted by Crippen LogP contribution is 2.26. The van der Waals surface area contributed by atoms with Crippen LogP contribution in [0.25, 0.3) is 10.8 Å². The lowest BCUT2D eigenvalue weighted by Crippen LogP contribution is -2.42. The maximum atomic E-state index is 12.7. The predicted octanol–water partition coefficient (Wildman–Crippen LogP) is 6.28. The molecule has 1 saturated carbocycles. The predicted molar refractivity (Wildman–Crippen MR) is 136 cm³/mol. The Kier molecular flexibility index (Phi) is 10.2. The summed E-state index contributed by atoms with van der Waals surface area (Å²) in [6, 6.07) is 14.1. The zero-order valence-corrected chi connectivity index (χ0v) is 20.4. The number of hydrogen-bond acceptors (Lipinski definition) is 4. The number of nitrogens with zero attached hydrogens (tertiary/aromatic N) is 2. The van der Waals surface area contributed by atoms with Gasteiger partial charge in [0, 0.05) is 26.2 Å². The van der Waals surface area contributed by atoms with Crippen molar-refractivity contribution < 1.29 is 14.3 Å². The summed E-state index contributed by atoms with van der Waals surface area (Å²) in [6.07, 6.45) is 10.8. The first kappa shape index (κ1) is 25.3. The fourth-order valence-electron chi connectivity index (χ4n) is 4.55. The highest BCUT2D eigenvalue weighted by molar-refractivity contribution is 5.84. The molecule has 0 atom stereocenters. The Morgan fingerprint density at radius 1 is 1.00 bits per heavy atom. The zero-order valence-electron chi connectivity index (χ0n) is 20.4. The van der Waals surface area contributed by atoms with Gasteiger partial charge in [-0.1, -0.05) is 49.2 Å². The molecule has 0 radical (unpaired) electrons. The number of carbonyl (C=O) groups is 1. The molecular formula is C28H40N2O3. The molecule has 1 aliphatic rings. The third-order valence-corrected chi connectivity index (χ3v) is 6.63. The Labute approximate surface area is 199 Å². The van der Waals surface area contributed by atoms with Crippen molar-refractivity contribution in [1.29, 1.82) is 0 Å². The quantitative estimate of drug-likeness (QED) is 0.281. The number of benzene rings is 2. The lowest BCUT2D eigenvalue weighted by Gasteiger charge is -2.34. The van der Waals surface area contributed by atoms with Gasteiger partial charge < -0.3 is 19.3 Å². The summed E-state index contributed by atoms with van der Waals surface area (Å²) in [6.45, 7) is 6.72. The molecule has 2 aromatic carbocycles. The molecule has 33 heavy (non-hydrogen) atoms. The van der Waals surface area contributed by atoms with Crippen molar-refractivity contribution in [3.63, 3.8) is 0 Å². The molecule has 1 aliphatic carbocycles. The van der Waals surface area contributed by atoms with Crippen LogP contribution in [-0.2, 0) is 4.74 Å². The maximum absolute atomic E-state index is 12.7. The van der Waals surface area contributed by atoms with E-state index in [9.17, 15) is 4.79 Å². The summed E-state index contributed by atoms with van der Waals surface area (Å²) >= 11 is 0. The second-order valence-corrected chi connectivity index (χ2v) is 9.25. The number of ether oxygens (including phenoxy) is 2. The average molecular weight is 453 g/mol. The summed E-state index contributed by atoms with van der Waals surface area (Å²) in [5.41, 5.74) is 0. The van der Waals surface area contributed by atoms with Crippen molar-refractivity contribution in [1.82, 2.24) is 9.80 Å². The average Bonchev–Trinajstić information content (AvgIpc) is 2.83. The molecule has 2 aromatic rings. The molecular weight excluding hydrogens is 412 g/mol. The van der Waals surface area contributed by atoms with Gasteiger partial charge in [0.15, 0.2) is 0 Å². The first-order valence-electron chi connectivity index (χ1n) is 12.4. The molecule has 1 amide bonds. The van der Waals surface area contributed by atoms with Crippen molar-refractivity contribution >= 4 is 16.9 Å². The van der Waals surface area contributed by atoms with Crippen LogP contribution in [0.3, 0.4) is 0 Å². The Hall–Kier alpha value is -2.37. The molecule has 3 rings (SSSR count). The number of amides is 1. The Bertz CT molecular complexity index is 876. The second kappa shape index (κ2) is 13.4. The van der Waals surface area contributed by atoms with Gasteiger partial charge in [-0.15, -0.1) is 6.58 Å². The van der Waals surface area contributed by atoms with Crippen LogP contribution < -0.4 is 4.74 Å². The fraction of sp³-hybridized carbons (Fsp3) is 0.536. The molecule has 180 valence electrons. The molecule has 0 saturated heterocycles. The number of unbranched alkanes of at least 4 members (excludes halogenated alkanes) is 3. The van der Waals surface area contributed by atoms with Crippen LogP contribution in [0.4, 0.5) is 4.79 Å². The van der Waals surface area contributed by atoms with E-state index in [0.717, 1.165) is 62.6 Å². The van der Waals surface area contributed by atoms with Gasteiger partial charge in [-0.05, 0) is 75.0 Å². The van der Waals surface area contributed by atoms with Crippen LogP contribution in [0.5, 0.6) is 5.75 Å². The molecule has 1 fully saturated rings. The topological polar surface area (TPSA) is 42.0 Å². The third-order valence-electron chi connectivity index (χ3n) is 6.63. The highest BCUT2D eigenvalue weighted by Gasteiger charge is 2.28. The Morgan fingerprint density at radius 2 is 1.73 bits per heavy atom. The molecule has 0 bridgehead atoms.